The van der Waals surface area contributed by atoms with Crippen LogP contribution in [-0.2, 0) is 10.0 Å². The van der Waals surface area contributed by atoms with Crippen LogP contribution in [-0.4, -0.2) is 48.8 Å². The Balaban J connectivity index is 2.11. The fraction of sp³-hybridized carbons (Fsp3) is 0.286. The number of nitrogens with one attached hydrogen (secondary N) is 2. The Morgan fingerprint density at radius 1 is 1.24 bits per heavy atom. The van der Waals surface area contributed by atoms with Crippen LogP contribution in [0.2, 0.25) is 0 Å². The van der Waals surface area contributed by atoms with E-state index < -0.39 is 10.0 Å². The monoisotopic (exact) mass is 380 g/mol. The first kappa shape index (κ1) is 17.3. The molecule has 3 aromatic rings. The molecule has 0 aromatic carbocycles. The molecule has 0 aliphatic heterocycles. The van der Waals surface area contributed by atoms with E-state index in [-0.39, 0.29) is 11.6 Å². The zero-order valence-corrected chi connectivity index (χ0v) is 15.6. The molecule has 0 unspecified atom stereocenters. The summed E-state index contributed by atoms with van der Waals surface area (Å²) < 4.78 is 30.6. The molecule has 2 N–H and O–H groups in total. The molecule has 0 aliphatic rings. The molecule has 132 valence electrons. The summed E-state index contributed by atoms with van der Waals surface area (Å²) in [5.41, 5.74) is 2.36. The second-order valence-corrected chi connectivity index (χ2v) is 7.94. The topological polar surface area (TPSA) is 119 Å². The number of thiazole rings is 1. The number of rotatable bonds is 5. The van der Waals surface area contributed by atoms with Gasteiger partial charge in [-0.1, -0.05) is 11.3 Å². The number of hydrogen-bond donors (Lipinski definition) is 2. The Morgan fingerprint density at radius 2 is 2.00 bits per heavy atom. The minimum Gasteiger partial charge on any atom is -0.480 e. The van der Waals surface area contributed by atoms with Crippen molar-refractivity contribution in [2.24, 2.45) is 0 Å². The summed E-state index contributed by atoms with van der Waals surface area (Å²) in [4.78, 5) is 18.2. The Morgan fingerprint density at radius 3 is 2.64 bits per heavy atom. The lowest BCUT2D eigenvalue weighted by Crippen LogP contribution is -2.11. The van der Waals surface area contributed by atoms with Gasteiger partial charge in [-0.15, -0.1) is 0 Å². The third-order valence-electron chi connectivity index (χ3n) is 3.24. The van der Waals surface area contributed by atoms with Crippen molar-refractivity contribution in [1.29, 1.82) is 0 Å². The molecule has 0 saturated heterocycles. The van der Waals surface area contributed by atoms with Gasteiger partial charge in [-0.2, -0.15) is 0 Å². The summed E-state index contributed by atoms with van der Waals surface area (Å²) in [6.07, 6.45) is 2.64. The molecule has 3 aromatic heterocycles. The van der Waals surface area contributed by atoms with Crippen LogP contribution in [0.25, 0.3) is 20.9 Å². The van der Waals surface area contributed by atoms with Gasteiger partial charge in [0.15, 0.2) is 0 Å². The number of methoxy groups -OCH3 is 1. The molecular weight excluding hydrogens is 364 g/mol. The zero-order valence-electron chi connectivity index (χ0n) is 14.0. The standard InChI is InChI=1S/C14H16N6O3S2/c1-7-10-13(19-14(15-2)17-7)24-12(18-10)8-5-9(20-25(4,21)22)11(23-3)16-6-8/h5-6,20H,1-4H3,(H,15,17,19). The van der Waals surface area contributed by atoms with Crippen LogP contribution in [0.4, 0.5) is 11.6 Å². The van der Waals surface area contributed by atoms with E-state index in [9.17, 15) is 8.42 Å². The Bertz CT molecular complexity index is 1050. The van der Waals surface area contributed by atoms with E-state index >= 15 is 0 Å². The first-order valence-corrected chi connectivity index (χ1v) is 9.86. The van der Waals surface area contributed by atoms with E-state index in [1.807, 2.05) is 6.92 Å². The fourth-order valence-electron chi connectivity index (χ4n) is 2.20. The van der Waals surface area contributed by atoms with Crippen molar-refractivity contribution in [3.05, 3.63) is 18.0 Å². The molecule has 0 fully saturated rings. The van der Waals surface area contributed by atoms with E-state index in [4.69, 9.17) is 4.74 Å². The van der Waals surface area contributed by atoms with Gasteiger partial charge in [0.05, 0.1) is 19.1 Å². The summed E-state index contributed by atoms with van der Waals surface area (Å²) in [5, 5.41) is 3.57. The number of ether oxygens (including phenoxy) is 1. The van der Waals surface area contributed by atoms with Gasteiger partial charge in [-0.05, 0) is 13.0 Å². The largest absolute Gasteiger partial charge is 0.480 e. The van der Waals surface area contributed by atoms with E-state index in [0.717, 1.165) is 16.8 Å². The summed E-state index contributed by atoms with van der Waals surface area (Å²) in [6.45, 7) is 1.86. The summed E-state index contributed by atoms with van der Waals surface area (Å²) in [7, 11) is -0.296. The van der Waals surface area contributed by atoms with Crippen LogP contribution < -0.4 is 14.8 Å². The number of hydrogen-bond acceptors (Lipinski definition) is 9. The minimum atomic E-state index is -3.47. The van der Waals surface area contributed by atoms with Crippen LogP contribution in [0, 0.1) is 6.92 Å². The molecule has 3 rings (SSSR count). The Hall–Kier alpha value is -2.53. The molecule has 0 amide bonds. The van der Waals surface area contributed by atoms with Crippen molar-refractivity contribution >= 4 is 43.3 Å². The van der Waals surface area contributed by atoms with Crippen LogP contribution >= 0.6 is 11.3 Å². The summed E-state index contributed by atoms with van der Waals surface area (Å²) in [5.74, 6) is 0.705. The summed E-state index contributed by atoms with van der Waals surface area (Å²) >= 11 is 1.37. The van der Waals surface area contributed by atoms with Crippen molar-refractivity contribution in [3.8, 4) is 16.5 Å². The van der Waals surface area contributed by atoms with Crippen LogP contribution in [0.3, 0.4) is 0 Å². The highest BCUT2D eigenvalue weighted by Gasteiger charge is 2.16. The normalized spacial score (nSPS) is 11.5. The highest BCUT2D eigenvalue weighted by molar-refractivity contribution is 7.92. The lowest BCUT2D eigenvalue weighted by atomic mass is 10.2. The Kier molecular flexibility index (Phi) is 4.43. The summed E-state index contributed by atoms with van der Waals surface area (Å²) in [6, 6.07) is 1.63. The number of sulfonamides is 1. The molecule has 0 bridgehead atoms. The van der Waals surface area contributed by atoms with Gasteiger partial charge in [-0.25, -0.2) is 28.4 Å². The molecule has 0 radical (unpaired) electrons. The lowest BCUT2D eigenvalue weighted by molar-refractivity contribution is 0.400. The lowest BCUT2D eigenvalue weighted by Gasteiger charge is -2.09. The number of pyridine rings is 1. The molecule has 3 heterocycles. The second kappa shape index (κ2) is 6.41. The second-order valence-electron chi connectivity index (χ2n) is 5.21. The van der Waals surface area contributed by atoms with Crippen LogP contribution in [0.15, 0.2) is 12.3 Å². The molecule has 0 saturated carbocycles. The molecule has 0 atom stereocenters. The molecule has 25 heavy (non-hydrogen) atoms. The average Bonchev–Trinajstić information content (AvgIpc) is 2.98. The first-order valence-electron chi connectivity index (χ1n) is 7.16. The number of anilines is 2. The van der Waals surface area contributed by atoms with Gasteiger partial charge in [-0.3, -0.25) is 4.72 Å². The number of nitrogens with zero attached hydrogens (tertiary/aromatic N) is 4. The van der Waals surface area contributed by atoms with Gasteiger partial charge in [0.25, 0.3) is 0 Å². The van der Waals surface area contributed by atoms with E-state index in [0.29, 0.717) is 22.0 Å². The maximum atomic E-state index is 11.5. The van der Waals surface area contributed by atoms with Gasteiger partial charge >= 0.3 is 0 Å². The minimum absolute atomic E-state index is 0.184. The van der Waals surface area contributed by atoms with Gasteiger partial charge in [0.1, 0.15) is 21.0 Å². The van der Waals surface area contributed by atoms with Crippen LogP contribution in [0.1, 0.15) is 5.69 Å². The molecular formula is C14H16N6O3S2. The van der Waals surface area contributed by atoms with Gasteiger partial charge in [0.2, 0.25) is 21.9 Å². The van der Waals surface area contributed by atoms with Gasteiger partial charge in [0, 0.05) is 18.8 Å². The average molecular weight is 380 g/mol. The highest BCUT2D eigenvalue weighted by atomic mass is 32.2. The predicted octanol–water partition coefficient (Wildman–Crippen LogP) is 1.88. The predicted molar refractivity (Wildman–Crippen MR) is 97.7 cm³/mol. The maximum absolute atomic E-state index is 11.5. The number of aromatic nitrogens is 4. The van der Waals surface area contributed by atoms with Crippen molar-refractivity contribution in [1.82, 2.24) is 19.9 Å². The van der Waals surface area contributed by atoms with E-state index in [1.165, 1.54) is 18.4 Å². The first-order chi connectivity index (χ1) is 11.8. The van der Waals surface area contributed by atoms with Crippen molar-refractivity contribution < 1.29 is 13.2 Å². The Labute approximate surface area is 148 Å². The highest BCUT2D eigenvalue weighted by Crippen LogP contribution is 2.34. The quantitative estimate of drug-likeness (QED) is 0.688. The number of aryl methyl sites for hydroxylation is 1. The molecule has 11 heteroatoms. The molecule has 9 nitrogen and oxygen atoms in total. The zero-order chi connectivity index (χ0) is 18.2. The SMILES string of the molecule is CNc1nc(C)c2nc(-c3cnc(OC)c(NS(C)(=O)=O)c3)sc2n1. The third-order valence-corrected chi connectivity index (χ3v) is 4.83. The van der Waals surface area contributed by atoms with Crippen molar-refractivity contribution in [3.63, 3.8) is 0 Å². The molecule has 0 aliphatic carbocycles. The number of fused-ring (bicyclic) bond motifs is 1. The fourth-order valence-corrected chi connectivity index (χ4v) is 3.71. The van der Waals surface area contributed by atoms with Crippen molar-refractivity contribution in [2.75, 3.05) is 30.5 Å². The van der Waals surface area contributed by atoms with Crippen molar-refractivity contribution in [2.45, 2.75) is 6.92 Å². The van der Waals surface area contributed by atoms with E-state index in [2.05, 4.69) is 30.0 Å². The van der Waals surface area contributed by atoms with Gasteiger partial charge < -0.3 is 10.1 Å². The van der Waals surface area contributed by atoms with Crippen LogP contribution in [0.5, 0.6) is 5.88 Å². The smallest absolute Gasteiger partial charge is 0.238 e. The maximum Gasteiger partial charge on any atom is 0.238 e. The molecule has 0 spiro atoms. The third kappa shape index (κ3) is 3.61. The van der Waals surface area contributed by atoms with E-state index in [1.54, 1.807) is 19.3 Å².